The van der Waals surface area contributed by atoms with E-state index in [1.165, 1.54) is 30.3 Å². The number of carbonyl (C=O) groups is 2. The molecule has 0 aromatic heterocycles. The summed E-state index contributed by atoms with van der Waals surface area (Å²) in [7, 11) is 0. The van der Waals surface area contributed by atoms with Crippen LogP contribution >= 0.6 is 0 Å². The summed E-state index contributed by atoms with van der Waals surface area (Å²) in [4.78, 5) is 22.9. The molecule has 0 aliphatic heterocycles. The van der Waals surface area contributed by atoms with Crippen LogP contribution in [-0.4, -0.2) is 36.7 Å². The van der Waals surface area contributed by atoms with Gasteiger partial charge < -0.3 is 19.9 Å². The predicted octanol–water partition coefficient (Wildman–Crippen LogP) is 2.80. The predicted molar refractivity (Wildman–Crippen MR) is 93.1 cm³/mol. The van der Waals surface area contributed by atoms with Crippen LogP contribution < -0.4 is 14.8 Å². The molecule has 6 nitrogen and oxygen atoms in total. The summed E-state index contributed by atoms with van der Waals surface area (Å²) < 4.78 is 37.3. The number of hydrogen-bond donors (Lipinski definition) is 2. The van der Waals surface area contributed by atoms with Crippen molar-refractivity contribution >= 4 is 11.9 Å². The first kappa shape index (κ1) is 20.2. The van der Waals surface area contributed by atoms with Crippen LogP contribution in [0, 0.1) is 11.6 Å². The fourth-order valence-electron chi connectivity index (χ4n) is 2.33. The van der Waals surface area contributed by atoms with Crippen LogP contribution in [0.1, 0.15) is 22.8 Å². The van der Waals surface area contributed by atoms with E-state index in [9.17, 15) is 18.4 Å². The number of aliphatic carboxylic acids is 1. The maximum Gasteiger partial charge on any atom is 0.341 e. The molecule has 8 heteroatoms. The van der Waals surface area contributed by atoms with Gasteiger partial charge in [0.1, 0.15) is 0 Å². The summed E-state index contributed by atoms with van der Waals surface area (Å²) in [5.74, 6) is -2.98. The van der Waals surface area contributed by atoms with Gasteiger partial charge in [0.05, 0.1) is 6.61 Å². The minimum absolute atomic E-state index is 0.112. The van der Waals surface area contributed by atoms with Crippen molar-refractivity contribution < 1.29 is 33.0 Å². The molecule has 27 heavy (non-hydrogen) atoms. The van der Waals surface area contributed by atoms with E-state index in [1.54, 1.807) is 6.92 Å². The van der Waals surface area contributed by atoms with Gasteiger partial charge in [0.15, 0.2) is 29.7 Å². The minimum Gasteiger partial charge on any atom is -0.490 e. The van der Waals surface area contributed by atoms with Gasteiger partial charge in [-0.2, -0.15) is 0 Å². The number of benzene rings is 2. The summed E-state index contributed by atoms with van der Waals surface area (Å²) in [6.07, 6.45) is 0.132. The molecule has 0 bridgehead atoms. The lowest BCUT2D eigenvalue weighted by Gasteiger charge is -2.12. The Labute approximate surface area is 154 Å². The summed E-state index contributed by atoms with van der Waals surface area (Å²) in [5.41, 5.74) is 0.434. The Kier molecular flexibility index (Phi) is 7.10. The van der Waals surface area contributed by atoms with Crippen molar-refractivity contribution in [3.63, 3.8) is 0 Å². The molecule has 0 aliphatic carbocycles. The Morgan fingerprint density at radius 2 is 1.89 bits per heavy atom. The van der Waals surface area contributed by atoms with E-state index in [2.05, 4.69) is 5.32 Å². The van der Waals surface area contributed by atoms with Crippen LogP contribution in [0.15, 0.2) is 36.4 Å². The summed E-state index contributed by atoms with van der Waals surface area (Å²) >= 11 is 0. The molecule has 2 aromatic rings. The lowest BCUT2D eigenvalue weighted by molar-refractivity contribution is -0.139. The van der Waals surface area contributed by atoms with Gasteiger partial charge in [0.25, 0.3) is 5.91 Å². The van der Waals surface area contributed by atoms with E-state index in [1.807, 2.05) is 0 Å². The molecule has 0 radical (unpaired) electrons. The van der Waals surface area contributed by atoms with Gasteiger partial charge in [-0.1, -0.05) is 12.1 Å². The number of carboxylic acids is 1. The van der Waals surface area contributed by atoms with Crippen molar-refractivity contribution in [2.24, 2.45) is 0 Å². The first-order valence-electron chi connectivity index (χ1n) is 8.25. The van der Waals surface area contributed by atoms with Crippen LogP contribution in [0.25, 0.3) is 0 Å². The molecule has 0 atom stereocenters. The number of rotatable bonds is 9. The van der Waals surface area contributed by atoms with Crippen LogP contribution in [-0.2, 0) is 11.2 Å². The van der Waals surface area contributed by atoms with Crippen LogP contribution in [0.4, 0.5) is 8.78 Å². The molecule has 0 heterocycles. The number of amides is 1. The molecule has 0 saturated carbocycles. The number of hydrogen-bond acceptors (Lipinski definition) is 4. The second-order valence-corrected chi connectivity index (χ2v) is 5.50. The third kappa shape index (κ3) is 5.67. The highest BCUT2D eigenvalue weighted by Gasteiger charge is 2.13. The highest BCUT2D eigenvalue weighted by molar-refractivity contribution is 5.94. The van der Waals surface area contributed by atoms with E-state index in [0.29, 0.717) is 6.61 Å². The molecule has 2 rings (SSSR count). The van der Waals surface area contributed by atoms with Gasteiger partial charge in [-0.3, -0.25) is 4.79 Å². The average Bonchev–Trinajstić information content (AvgIpc) is 2.64. The molecule has 2 aromatic carbocycles. The van der Waals surface area contributed by atoms with E-state index in [-0.39, 0.29) is 35.6 Å². The molecule has 0 fully saturated rings. The van der Waals surface area contributed by atoms with Gasteiger partial charge in [-0.05, 0) is 43.2 Å². The maximum absolute atomic E-state index is 13.6. The number of ether oxygens (including phenoxy) is 2. The zero-order valence-electron chi connectivity index (χ0n) is 14.6. The molecule has 0 unspecified atom stereocenters. The normalized spacial score (nSPS) is 10.3. The Hall–Kier alpha value is -3.16. The molecular formula is C19H19F2NO5. The summed E-state index contributed by atoms with van der Waals surface area (Å²) in [6.45, 7) is 1.61. The number of carboxylic acid groups (broad SMARTS) is 1. The quantitative estimate of drug-likeness (QED) is 0.700. The van der Waals surface area contributed by atoms with Gasteiger partial charge in [-0.15, -0.1) is 0 Å². The van der Waals surface area contributed by atoms with Crippen molar-refractivity contribution in [3.8, 4) is 11.5 Å². The zero-order chi connectivity index (χ0) is 19.8. The number of nitrogens with one attached hydrogen (secondary N) is 1. The van der Waals surface area contributed by atoms with Crippen molar-refractivity contribution in [2.75, 3.05) is 19.8 Å². The fraction of sp³-hybridized carbons (Fsp3) is 0.263. The monoisotopic (exact) mass is 379 g/mol. The van der Waals surface area contributed by atoms with Crippen molar-refractivity contribution in [1.82, 2.24) is 5.32 Å². The summed E-state index contributed by atoms with van der Waals surface area (Å²) in [5, 5.41) is 11.3. The molecule has 2 N–H and O–H groups in total. The Bertz CT molecular complexity index is 826. The molecule has 0 aliphatic rings. The van der Waals surface area contributed by atoms with E-state index < -0.39 is 30.1 Å². The summed E-state index contributed by atoms with van der Waals surface area (Å²) in [6, 6.07) is 8.21. The van der Waals surface area contributed by atoms with E-state index >= 15 is 0 Å². The van der Waals surface area contributed by atoms with E-state index in [4.69, 9.17) is 14.6 Å². The van der Waals surface area contributed by atoms with Crippen LogP contribution in [0.2, 0.25) is 0 Å². The second-order valence-electron chi connectivity index (χ2n) is 5.50. The van der Waals surface area contributed by atoms with Gasteiger partial charge in [0, 0.05) is 12.1 Å². The Morgan fingerprint density at radius 3 is 2.59 bits per heavy atom. The second kappa shape index (κ2) is 9.51. The average molecular weight is 379 g/mol. The van der Waals surface area contributed by atoms with Crippen molar-refractivity contribution in [2.45, 2.75) is 13.3 Å². The number of carbonyl (C=O) groups excluding carboxylic acids is 1. The van der Waals surface area contributed by atoms with E-state index in [0.717, 1.165) is 6.07 Å². The number of halogens is 2. The van der Waals surface area contributed by atoms with Crippen LogP contribution in [0.5, 0.6) is 11.5 Å². The topological polar surface area (TPSA) is 84.9 Å². The van der Waals surface area contributed by atoms with Gasteiger partial charge in [0.2, 0.25) is 0 Å². The standard InChI is InChI=1S/C19H19F2NO5/c1-2-26-16-10-13(6-7-15(16)27-11-17(23)24)19(25)22-9-8-12-4-3-5-14(20)18(12)21/h3-7,10H,2,8-9,11H2,1H3,(H,22,25)(H,23,24). The minimum atomic E-state index is -1.14. The third-order valence-corrected chi connectivity index (χ3v) is 3.57. The Balaban J connectivity index is 2.01. The first-order chi connectivity index (χ1) is 12.9. The third-order valence-electron chi connectivity index (χ3n) is 3.57. The van der Waals surface area contributed by atoms with Crippen LogP contribution in [0.3, 0.4) is 0 Å². The lowest BCUT2D eigenvalue weighted by Crippen LogP contribution is -2.26. The molecular weight excluding hydrogens is 360 g/mol. The van der Waals surface area contributed by atoms with Gasteiger partial charge >= 0.3 is 5.97 Å². The van der Waals surface area contributed by atoms with Gasteiger partial charge in [-0.25, -0.2) is 13.6 Å². The lowest BCUT2D eigenvalue weighted by atomic mass is 10.1. The largest absolute Gasteiger partial charge is 0.490 e. The van der Waals surface area contributed by atoms with Crippen molar-refractivity contribution in [3.05, 3.63) is 59.2 Å². The highest BCUT2D eigenvalue weighted by atomic mass is 19.2. The fourth-order valence-corrected chi connectivity index (χ4v) is 2.33. The first-order valence-corrected chi connectivity index (χ1v) is 8.25. The Morgan fingerprint density at radius 1 is 1.11 bits per heavy atom. The SMILES string of the molecule is CCOc1cc(C(=O)NCCc2cccc(F)c2F)ccc1OCC(=O)O. The smallest absolute Gasteiger partial charge is 0.341 e. The molecule has 0 spiro atoms. The van der Waals surface area contributed by atoms with Crippen molar-refractivity contribution in [1.29, 1.82) is 0 Å². The molecule has 144 valence electrons. The highest BCUT2D eigenvalue weighted by Crippen LogP contribution is 2.28. The molecule has 0 saturated heterocycles. The molecule has 1 amide bonds. The maximum atomic E-state index is 13.6. The zero-order valence-corrected chi connectivity index (χ0v) is 14.6.